The van der Waals surface area contributed by atoms with Crippen LogP contribution in [0.5, 0.6) is 0 Å². The highest BCUT2D eigenvalue weighted by Gasteiger charge is 2.26. The highest BCUT2D eigenvalue weighted by molar-refractivity contribution is 5.80. The molecule has 0 spiro atoms. The van der Waals surface area contributed by atoms with Gasteiger partial charge in [0.1, 0.15) is 0 Å². The first-order valence-corrected chi connectivity index (χ1v) is 6.30. The molecule has 1 unspecified atom stereocenters. The minimum atomic E-state index is 0.159. The molecule has 1 fully saturated rings. The average Bonchev–Trinajstić information content (AvgIpc) is 2.81. The van der Waals surface area contributed by atoms with Gasteiger partial charge in [0.05, 0.1) is 13.0 Å². The zero-order chi connectivity index (χ0) is 13.0. The Morgan fingerprint density at radius 3 is 3.00 bits per heavy atom. The zero-order valence-electron chi connectivity index (χ0n) is 10.8. The molecule has 4 heteroatoms. The number of likely N-dealkylation sites (tertiary alicyclic amines) is 1. The van der Waals surface area contributed by atoms with Crippen LogP contribution >= 0.6 is 0 Å². The number of para-hydroxylation sites is 1. The van der Waals surface area contributed by atoms with Crippen LogP contribution in [0, 0.1) is 5.92 Å². The summed E-state index contributed by atoms with van der Waals surface area (Å²) in [5, 5.41) is 0. The quantitative estimate of drug-likeness (QED) is 0.817. The number of carbonyl (C=O) groups is 1. The fraction of sp³-hybridized carbons (Fsp3) is 0.500. The summed E-state index contributed by atoms with van der Waals surface area (Å²) in [6.07, 6.45) is 1.43. The van der Waals surface area contributed by atoms with Gasteiger partial charge in [-0.05, 0) is 18.1 Å². The van der Waals surface area contributed by atoms with Crippen molar-refractivity contribution in [3.63, 3.8) is 0 Å². The lowest BCUT2D eigenvalue weighted by Gasteiger charge is -2.17. The number of nitrogen functional groups attached to an aromatic ring is 1. The van der Waals surface area contributed by atoms with Gasteiger partial charge in [0.2, 0.25) is 5.91 Å². The van der Waals surface area contributed by atoms with Crippen molar-refractivity contribution in [2.45, 2.75) is 12.8 Å². The largest absolute Gasteiger partial charge is 0.398 e. The third-order valence-electron chi connectivity index (χ3n) is 3.44. The number of amides is 1. The normalized spacial score (nSPS) is 19.2. The van der Waals surface area contributed by atoms with E-state index in [9.17, 15) is 4.79 Å². The molecule has 4 nitrogen and oxygen atoms in total. The number of carbonyl (C=O) groups excluding carboxylic acids is 1. The highest BCUT2D eigenvalue weighted by Crippen LogP contribution is 2.19. The summed E-state index contributed by atoms with van der Waals surface area (Å²) < 4.78 is 5.13. The van der Waals surface area contributed by atoms with Crippen molar-refractivity contribution >= 4 is 11.6 Å². The second kappa shape index (κ2) is 5.87. The summed E-state index contributed by atoms with van der Waals surface area (Å²) in [7, 11) is 1.70. The Bertz CT molecular complexity index is 420. The van der Waals surface area contributed by atoms with E-state index >= 15 is 0 Å². The van der Waals surface area contributed by atoms with Gasteiger partial charge in [-0.2, -0.15) is 0 Å². The maximum absolute atomic E-state index is 12.1. The van der Waals surface area contributed by atoms with Gasteiger partial charge in [-0.25, -0.2) is 0 Å². The number of ether oxygens (including phenoxy) is 1. The van der Waals surface area contributed by atoms with Crippen LogP contribution in [0.1, 0.15) is 12.0 Å². The van der Waals surface area contributed by atoms with Gasteiger partial charge in [-0.15, -0.1) is 0 Å². The molecule has 1 aromatic rings. The molecule has 1 amide bonds. The van der Waals surface area contributed by atoms with Gasteiger partial charge in [-0.3, -0.25) is 4.79 Å². The molecule has 0 bridgehead atoms. The minimum absolute atomic E-state index is 0.159. The van der Waals surface area contributed by atoms with Crippen LogP contribution in [-0.4, -0.2) is 37.6 Å². The van der Waals surface area contributed by atoms with E-state index in [-0.39, 0.29) is 5.91 Å². The topological polar surface area (TPSA) is 55.6 Å². The molecule has 18 heavy (non-hydrogen) atoms. The van der Waals surface area contributed by atoms with Gasteiger partial charge < -0.3 is 15.4 Å². The molecule has 0 saturated carbocycles. The van der Waals surface area contributed by atoms with Crippen molar-refractivity contribution in [1.29, 1.82) is 0 Å². The Balaban J connectivity index is 1.91. The van der Waals surface area contributed by atoms with Gasteiger partial charge >= 0.3 is 0 Å². The Hall–Kier alpha value is -1.55. The summed E-state index contributed by atoms with van der Waals surface area (Å²) >= 11 is 0. The van der Waals surface area contributed by atoms with Crippen molar-refractivity contribution < 1.29 is 9.53 Å². The van der Waals surface area contributed by atoms with Crippen LogP contribution in [-0.2, 0) is 16.0 Å². The molecule has 1 aromatic carbocycles. The second-order valence-electron chi connectivity index (χ2n) is 4.83. The number of anilines is 1. The molecule has 1 aliphatic rings. The van der Waals surface area contributed by atoms with Gasteiger partial charge in [0, 0.05) is 31.8 Å². The predicted octanol–water partition coefficient (Wildman–Crippen LogP) is 1.31. The first-order chi connectivity index (χ1) is 8.70. The minimum Gasteiger partial charge on any atom is -0.398 e. The Kier molecular flexibility index (Phi) is 4.20. The first kappa shape index (κ1) is 12.9. The second-order valence-corrected chi connectivity index (χ2v) is 4.83. The number of nitrogens with two attached hydrogens (primary N) is 1. The lowest BCUT2D eigenvalue weighted by atomic mass is 10.1. The molecule has 1 aliphatic heterocycles. The number of methoxy groups -OCH3 is 1. The van der Waals surface area contributed by atoms with E-state index in [1.165, 1.54) is 0 Å². The summed E-state index contributed by atoms with van der Waals surface area (Å²) in [6, 6.07) is 7.54. The molecule has 1 saturated heterocycles. The van der Waals surface area contributed by atoms with E-state index in [4.69, 9.17) is 10.5 Å². The molecule has 0 aliphatic carbocycles. The molecule has 1 atom stereocenters. The fourth-order valence-electron chi connectivity index (χ4n) is 2.40. The summed E-state index contributed by atoms with van der Waals surface area (Å²) in [5.41, 5.74) is 7.46. The monoisotopic (exact) mass is 248 g/mol. The number of nitrogens with zero attached hydrogens (tertiary/aromatic N) is 1. The van der Waals surface area contributed by atoms with Gasteiger partial charge in [0.15, 0.2) is 0 Å². The molecule has 2 rings (SSSR count). The number of benzene rings is 1. The predicted molar refractivity (Wildman–Crippen MR) is 71.1 cm³/mol. The third-order valence-corrected chi connectivity index (χ3v) is 3.44. The number of hydrogen-bond donors (Lipinski definition) is 1. The molecule has 0 aromatic heterocycles. The molecule has 2 N–H and O–H groups in total. The Morgan fingerprint density at radius 1 is 1.50 bits per heavy atom. The van der Waals surface area contributed by atoms with Crippen molar-refractivity contribution in [3.8, 4) is 0 Å². The van der Waals surface area contributed by atoms with Gasteiger partial charge in [-0.1, -0.05) is 18.2 Å². The number of hydrogen-bond acceptors (Lipinski definition) is 3. The van der Waals surface area contributed by atoms with E-state index in [0.29, 0.717) is 18.0 Å². The fourth-order valence-corrected chi connectivity index (χ4v) is 2.40. The van der Waals surface area contributed by atoms with E-state index in [1.54, 1.807) is 7.11 Å². The summed E-state index contributed by atoms with van der Waals surface area (Å²) in [6.45, 7) is 2.37. The Morgan fingerprint density at radius 2 is 2.28 bits per heavy atom. The third kappa shape index (κ3) is 3.01. The van der Waals surface area contributed by atoms with E-state index in [2.05, 4.69) is 0 Å². The first-order valence-electron chi connectivity index (χ1n) is 6.30. The zero-order valence-corrected chi connectivity index (χ0v) is 10.8. The van der Waals surface area contributed by atoms with E-state index in [0.717, 1.165) is 31.7 Å². The molecule has 0 radical (unpaired) electrons. The van der Waals surface area contributed by atoms with Crippen LogP contribution in [0.3, 0.4) is 0 Å². The SMILES string of the molecule is COCC1CCN(C(=O)Cc2ccccc2N)C1. The summed E-state index contributed by atoms with van der Waals surface area (Å²) in [5.74, 6) is 0.638. The summed E-state index contributed by atoms with van der Waals surface area (Å²) in [4.78, 5) is 14.1. The smallest absolute Gasteiger partial charge is 0.227 e. The Labute approximate surface area is 108 Å². The van der Waals surface area contributed by atoms with Crippen molar-refractivity contribution in [2.24, 2.45) is 5.92 Å². The lowest BCUT2D eigenvalue weighted by molar-refractivity contribution is -0.129. The van der Waals surface area contributed by atoms with Crippen LogP contribution < -0.4 is 5.73 Å². The molecular formula is C14H20N2O2. The van der Waals surface area contributed by atoms with Crippen molar-refractivity contribution in [2.75, 3.05) is 32.5 Å². The highest BCUT2D eigenvalue weighted by atomic mass is 16.5. The molecular weight excluding hydrogens is 228 g/mol. The van der Waals surface area contributed by atoms with Gasteiger partial charge in [0.25, 0.3) is 0 Å². The van der Waals surface area contributed by atoms with Crippen molar-refractivity contribution in [3.05, 3.63) is 29.8 Å². The molecule has 1 heterocycles. The van der Waals surface area contributed by atoms with E-state index < -0.39 is 0 Å². The lowest BCUT2D eigenvalue weighted by Crippen LogP contribution is -2.30. The van der Waals surface area contributed by atoms with Crippen LogP contribution in [0.15, 0.2) is 24.3 Å². The standard InChI is InChI=1S/C14H20N2O2/c1-18-10-11-6-7-16(9-11)14(17)8-12-4-2-3-5-13(12)15/h2-5,11H,6-10,15H2,1H3. The molecule has 98 valence electrons. The number of rotatable bonds is 4. The van der Waals surface area contributed by atoms with Crippen LogP contribution in [0.4, 0.5) is 5.69 Å². The maximum Gasteiger partial charge on any atom is 0.227 e. The van der Waals surface area contributed by atoms with E-state index in [1.807, 2.05) is 29.2 Å². The van der Waals surface area contributed by atoms with Crippen molar-refractivity contribution in [1.82, 2.24) is 4.90 Å². The van der Waals surface area contributed by atoms with Crippen LogP contribution in [0.2, 0.25) is 0 Å². The maximum atomic E-state index is 12.1. The van der Waals surface area contributed by atoms with Crippen LogP contribution in [0.25, 0.3) is 0 Å². The average molecular weight is 248 g/mol.